The zero-order valence-electron chi connectivity index (χ0n) is 20.2. The quantitative estimate of drug-likeness (QED) is 0.431. The first-order valence-corrected chi connectivity index (χ1v) is 12.7. The number of carbonyl (C=O) groups is 1. The molecule has 3 aromatic rings. The van der Waals surface area contributed by atoms with E-state index < -0.39 is 0 Å². The van der Waals surface area contributed by atoms with Gasteiger partial charge in [-0.25, -0.2) is 0 Å². The van der Waals surface area contributed by atoms with E-state index in [1.165, 1.54) is 0 Å². The van der Waals surface area contributed by atoms with Crippen LogP contribution in [0, 0.1) is 0 Å². The van der Waals surface area contributed by atoms with Gasteiger partial charge in [-0.1, -0.05) is 19.1 Å². The van der Waals surface area contributed by atoms with Crippen molar-refractivity contribution in [3.63, 3.8) is 0 Å². The van der Waals surface area contributed by atoms with Crippen molar-refractivity contribution in [1.29, 1.82) is 0 Å². The average molecular weight is 491 g/mol. The van der Waals surface area contributed by atoms with Crippen LogP contribution in [0.1, 0.15) is 41.8 Å². The molecule has 1 amide bonds. The van der Waals surface area contributed by atoms with Gasteiger partial charge in [-0.05, 0) is 61.4 Å². The topological polar surface area (TPSA) is 76.0 Å². The minimum Gasteiger partial charge on any atom is -0.493 e. The van der Waals surface area contributed by atoms with E-state index >= 15 is 0 Å². The minimum atomic E-state index is -0.177. The summed E-state index contributed by atoms with van der Waals surface area (Å²) in [7, 11) is 1.65. The van der Waals surface area contributed by atoms with Crippen molar-refractivity contribution in [3.05, 3.63) is 83.7 Å². The first kappa shape index (κ1) is 24.6. The number of anilines is 1. The Balaban J connectivity index is 1.48. The van der Waals surface area contributed by atoms with Crippen molar-refractivity contribution in [1.82, 2.24) is 9.99 Å². The van der Waals surface area contributed by atoms with E-state index in [1.807, 2.05) is 61.2 Å². The Morgan fingerprint density at radius 3 is 2.66 bits per heavy atom. The predicted octanol–water partition coefficient (Wildman–Crippen LogP) is 5.43. The Hall–Kier alpha value is -3.52. The third kappa shape index (κ3) is 6.14. The number of carbonyl (C=O) groups excluding carboxylic acids is 1. The highest BCUT2D eigenvalue weighted by atomic mass is 32.2. The summed E-state index contributed by atoms with van der Waals surface area (Å²) in [4.78, 5) is 16.3. The van der Waals surface area contributed by atoms with Gasteiger partial charge in [0.25, 0.3) is 5.91 Å². The molecular formula is C27H30N4O3S. The summed E-state index contributed by atoms with van der Waals surface area (Å²) < 4.78 is 11.2. The van der Waals surface area contributed by atoms with Crippen LogP contribution in [0.5, 0.6) is 11.5 Å². The number of nitrogens with one attached hydrogen (secondary N) is 1. The second-order valence-electron chi connectivity index (χ2n) is 8.03. The summed E-state index contributed by atoms with van der Waals surface area (Å²) in [5.41, 5.74) is 4.49. The normalized spacial score (nSPS) is 15.3. The summed E-state index contributed by atoms with van der Waals surface area (Å²) in [6.45, 7) is 5.40. The van der Waals surface area contributed by atoms with E-state index in [4.69, 9.17) is 14.6 Å². The molecule has 8 heteroatoms. The van der Waals surface area contributed by atoms with E-state index in [0.29, 0.717) is 24.0 Å². The Morgan fingerprint density at radius 2 is 1.97 bits per heavy atom. The monoisotopic (exact) mass is 490 g/mol. The summed E-state index contributed by atoms with van der Waals surface area (Å²) >= 11 is 1.89. The fourth-order valence-electron chi connectivity index (χ4n) is 3.85. The molecule has 1 aromatic heterocycles. The number of benzene rings is 2. The van der Waals surface area contributed by atoms with Crippen molar-refractivity contribution in [3.8, 4) is 11.5 Å². The average Bonchev–Trinajstić information content (AvgIpc) is 2.90. The fraction of sp³-hybridized carbons (Fsp3) is 0.296. The molecule has 0 aliphatic carbocycles. The van der Waals surface area contributed by atoms with Gasteiger partial charge in [-0.15, -0.1) is 11.8 Å². The van der Waals surface area contributed by atoms with Crippen LogP contribution in [-0.2, 0) is 6.54 Å². The van der Waals surface area contributed by atoms with Gasteiger partial charge in [-0.2, -0.15) is 5.10 Å². The lowest BCUT2D eigenvalue weighted by Gasteiger charge is -2.30. The summed E-state index contributed by atoms with van der Waals surface area (Å²) in [6, 6.07) is 17.4. The molecule has 0 radical (unpaired) electrons. The van der Waals surface area contributed by atoms with E-state index in [9.17, 15) is 4.79 Å². The van der Waals surface area contributed by atoms with Crippen LogP contribution in [-0.4, -0.2) is 46.5 Å². The van der Waals surface area contributed by atoms with Crippen molar-refractivity contribution in [2.75, 3.05) is 24.9 Å². The van der Waals surface area contributed by atoms with Gasteiger partial charge in [0.1, 0.15) is 0 Å². The molecule has 0 saturated heterocycles. The molecule has 4 rings (SSSR count). The van der Waals surface area contributed by atoms with Gasteiger partial charge >= 0.3 is 0 Å². The standard InChI is InChI=1S/C27H30N4O3S/c1-4-25-26(20-10-13-23(33-3)24(15-20)34-5-2)30-31(18-35-25)17-19-8-11-22(12-9-19)29-27(32)21-7-6-14-28-16-21/h6-16,25H,4-5,17-18H2,1-3H3,(H,29,32). The zero-order chi connectivity index (χ0) is 24.6. The number of nitrogens with zero attached hydrogens (tertiary/aromatic N) is 3. The number of hydrazone groups is 1. The number of methoxy groups -OCH3 is 1. The Bertz CT molecular complexity index is 1170. The number of thioether (sulfide) groups is 1. The molecule has 35 heavy (non-hydrogen) atoms. The fourth-order valence-corrected chi connectivity index (χ4v) is 4.92. The van der Waals surface area contributed by atoms with Crippen molar-refractivity contribution < 1.29 is 14.3 Å². The summed E-state index contributed by atoms with van der Waals surface area (Å²) in [5, 5.41) is 10.3. The van der Waals surface area contributed by atoms with Crippen molar-refractivity contribution in [2.45, 2.75) is 32.1 Å². The number of hydrogen-bond acceptors (Lipinski definition) is 7. The van der Waals surface area contributed by atoms with Crippen LogP contribution in [0.4, 0.5) is 5.69 Å². The minimum absolute atomic E-state index is 0.177. The smallest absolute Gasteiger partial charge is 0.257 e. The molecule has 1 aliphatic rings. The van der Waals surface area contributed by atoms with Crippen LogP contribution < -0.4 is 14.8 Å². The first-order valence-electron chi connectivity index (χ1n) is 11.7. The number of hydrogen-bond donors (Lipinski definition) is 1. The molecular weight excluding hydrogens is 460 g/mol. The van der Waals surface area contributed by atoms with Crippen molar-refractivity contribution >= 4 is 29.1 Å². The molecule has 0 fully saturated rings. The summed E-state index contributed by atoms with van der Waals surface area (Å²) in [5.74, 6) is 2.09. The molecule has 1 atom stereocenters. The van der Waals surface area contributed by atoms with Gasteiger partial charge in [0.2, 0.25) is 0 Å². The third-order valence-electron chi connectivity index (χ3n) is 5.61. The lowest BCUT2D eigenvalue weighted by molar-refractivity contribution is 0.102. The van der Waals surface area contributed by atoms with Crippen LogP contribution in [0.15, 0.2) is 72.1 Å². The van der Waals surface area contributed by atoms with Crippen LogP contribution in [0.25, 0.3) is 0 Å². The Labute approximate surface area is 210 Å². The number of aromatic nitrogens is 1. The van der Waals surface area contributed by atoms with E-state index in [0.717, 1.165) is 46.3 Å². The lowest BCUT2D eigenvalue weighted by Crippen LogP contribution is -2.31. The van der Waals surface area contributed by atoms with Gasteiger partial charge in [-0.3, -0.25) is 14.8 Å². The van der Waals surface area contributed by atoms with Gasteiger partial charge < -0.3 is 14.8 Å². The van der Waals surface area contributed by atoms with Gasteiger partial charge in [0, 0.05) is 23.6 Å². The second-order valence-corrected chi connectivity index (χ2v) is 9.19. The highest BCUT2D eigenvalue weighted by Gasteiger charge is 2.25. The van der Waals surface area contributed by atoms with Crippen LogP contribution in [0.3, 0.4) is 0 Å². The van der Waals surface area contributed by atoms with Gasteiger partial charge in [0.15, 0.2) is 11.5 Å². The Morgan fingerprint density at radius 1 is 1.14 bits per heavy atom. The highest BCUT2D eigenvalue weighted by molar-refractivity contribution is 8.00. The summed E-state index contributed by atoms with van der Waals surface area (Å²) in [6.07, 6.45) is 4.20. The van der Waals surface area contributed by atoms with Gasteiger partial charge in [0.05, 0.1) is 42.7 Å². The molecule has 2 aromatic carbocycles. The predicted molar refractivity (Wildman–Crippen MR) is 141 cm³/mol. The molecule has 0 saturated carbocycles. The zero-order valence-corrected chi connectivity index (χ0v) is 21.0. The molecule has 0 bridgehead atoms. The molecule has 1 N–H and O–H groups in total. The molecule has 182 valence electrons. The van der Waals surface area contributed by atoms with Crippen LogP contribution in [0.2, 0.25) is 0 Å². The second kappa shape index (κ2) is 11.8. The maximum absolute atomic E-state index is 12.4. The molecule has 2 heterocycles. The Kier molecular flexibility index (Phi) is 8.26. The number of rotatable bonds is 9. The largest absolute Gasteiger partial charge is 0.493 e. The highest BCUT2D eigenvalue weighted by Crippen LogP contribution is 2.33. The van der Waals surface area contributed by atoms with Crippen molar-refractivity contribution in [2.24, 2.45) is 5.10 Å². The maximum atomic E-state index is 12.4. The molecule has 1 unspecified atom stereocenters. The van der Waals surface area contributed by atoms with E-state index in [1.54, 1.807) is 31.6 Å². The first-order chi connectivity index (χ1) is 17.1. The third-order valence-corrected chi connectivity index (χ3v) is 7.02. The lowest BCUT2D eigenvalue weighted by atomic mass is 10.0. The number of pyridine rings is 1. The SMILES string of the molecule is CCOc1cc(C2=NN(Cc3ccc(NC(=O)c4cccnc4)cc3)CSC2CC)ccc1OC. The molecule has 1 aliphatic heterocycles. The van der Waals surface area contributed by atoms with Crippen LogP contribution >= 0.6 is 11.8 Å². The molecule has 0 spiro atoms. The maximum Gasteiger partial charge on any atom is 0.257 e. The number of ether oxygens (including phenoxy) is 2. The van der Waals surface area contributed by atoms with E-state index in [-0.39, 0.29) is 5.91 Å². The molecule has 7 nitrogen and oxygen atoms in total. The number of amides is 1. The van der Waals surface area contributed by atoms with E-state index in [2.05, 4.69) is 22.2 Å².